The molecular weight excluding hydrogens is 122 g/mol. The molecular formula is C9H7N. The zero-order chi connectivity index (χ0) is 7.56. The van der Waals surface area contributed by atoms with Crippen LogP contribution >= 0.6 is 0 Å². The van der Waals surface area contributed by atoms with Crippen molar-refractivity contribution in [3.63, 3.8) is 0 Å². The number of nitriles is 1. The van der Waals surface area contributed by atoms with Crippen molar-refractivity contribution < 1.29 is 0 Å². The van der Waals surface area contributed by atoms with E-state index in [1.165, 1.54) is 0 Å². The first-order valence-corrected chi connectivity index (χ1v) is 2.92. The maximum absolute atomic E-state index is 8.45. The van der Waals surface area contributed by atoms with Gasteiger partial charge >= 0.3 is 0 Å². The molecule has 0 atom stereocenters. The van der Waals surface area contributed by atoms with Crippen LogP contribution in [0.25, 0.3) is 13.2 Å². The second-order valence-corrected chi connectivity index (χ2v) is 2.10. The van der Waals surface area contributed by atoms with Crippen molar-refractivity contribution in [1.82, 2.24) is 0 Å². The summed E-state index contributed by atoms with van der Waals surface area (Å²) in [5.41, 5.74) is 0.636. The Balaban J connectivity index is 3.49. The Hall–Kier alpha value is -1.55. The third-order valence-corrected chi connectivity index (χ3v) is 1.34. The lowest BCUT2D eigenvalue weighted by Gasteiger charge is -1.86. The molecule has 1 nitrogen and oxygen atoms in total. The first kappa shape index (κ1) is 6.57. The number of rotatable bonds is 0. The molecule has 0 radical (unpaired) electrons. The van der Waals surface area contributed by atoms with Crippen LogP contribution in [0.2, 0.25) is 0 Å². The van der Waals surface area contributed by atoms with Gasteiger partial charge in [-0.05, 0) is 22.6 Å². The van der Waals surface area contributed by atoms with Crippen LogP contribution < -0.4 is 10.4 Å². The largest absolute Gasteiger partial charge is 0.192 e. The summed E-state index contributed by atoms with van der Waals surface area (Å²) in [5, 5.41) is 10.1. The summed E-state index contributed by atoms with van der Waals surface area (Å²) in [6, 6.07) is 7.28. The predicted molar refractivity (Wildman–Crippen MR) is 41.5 cm³/mol. The average Bonchev–Trinajstić information content (AvgIpc) is 1.95. The summed E-state index contributed by atoms with van der Waals surface area (Å²) >= 11 is 0. The fraction of sp³-hybridized carbons (Fsp3) is 0. The molecule has 0 heterocycles. The summed E-state index contributed by atoms with van der Waals surface area (Å²) in [5.74, 6) is 0. The zero-order valence-electron chi connectivity index (χ0n) is 5.59. The highest BCUT2D eigenvalue weighted by atomic mass is 14.2. The van der Waals surface area contributed by atoms with Gasteiger partial charge in [0.25, 0.3) is 0 Å². The monoisotopic (exact) mass is 129 g/mol. The molecule has 0 aliphatic heterocycles. The van der Waals surface area contributed by atoms with Crippen LogP contribution in [0, 0.1) is 11.3 Å². The number of hydrogen-bond acceptors (Lipinski definition) is 1. The first-order chi connectivity index (χ1) is 4.74. The van der Waals surface area contributed by atoms with Crippen molar-refractivity contribution in [2.75, 3.05) is 0 Å². The van der Waals surface area contributed by atoms with Gasteiger partial charge in [0, 0.05) is 0 Å². The van der Waals surface area contributed by atoms with E-state index in [1.807, 2.05) is 6.07 Å². The van der Waals surface area contributed by atoms with Crippen molar-refractivity contribution in [3.8, 4) is 6.07 Å². The highest BCUT2D eigenvalue weighted by Gasteiger charge is 1.85. The van der Waals surface area contributed by atoms with Gasteiger partial charge in [0.1, 0.15) is 0 Å². The third kappa shape index (κ3) is 1.06. The van der Waals surface area contributed by atoms with Crippen LogP contribution in [-0.4, -0.2) is 0 Å². The second-order valence-electron chi connectivity index (χ2n) is 2.10. The van der Waals surface area contributed by atoms with E-state index >= 15 is 0 Å². The SMILES string of the molecule is C=c1ccc(C#N)cc1=C. The summed E-state index contributed by atoms with van der Waals surface area (Å²) in [6.45, 7) is 7.44. The normalized spacial score (nSPS) is 8.70. The molecule has 0 fully saturated rings. The Bertz CT molecular complexity index is 371. The Morgan fingerprint density at radius 3 is 2.40 bits per heavy atom. The highest BCUT2D eigenvalue weighted by Crippen LogP contribution is 1.85. The third-order valence-electron chi connectivity index (χ3n) is 1.34. The lowest BCUT2D eigenvalue weighted by atomic mass is 10.2. The summed E-state index contributed by atoms with van der Waals surface area (Å²) in [4.78, 5) is 0. The molecule has 0 amide bonds. The Labute approximate surface area is 59.5 Å². The summed E-state index contributed by atoms with van der Waals surface area (Å²) in [7, 11) is 0. The van der Waals surface area contributed by atoms with Gasteiger partial charge in [-0.1, -0.05) is 19.2 Å². The minimum absolute atomic E-state index is 0.636. The Kier molecular flexibility index (Phi) is 1.55. The molecule has 0 aromatic heterocycles. The molecule has 10 heavy (non-hydrogen) atoms. The van der Waals surface area contributed by atoms with Gasteiger partial charge in [-0.2, -0.15) is 5.26 Å². The van der Waals surface area contributed by atoms with Crippen LogP contribution in [0.4, 0.5) is 0 Å². The van der Waals surface area contributed by atoms with Crippen LogP contribution in [0.1, 0.15) is 5.56 Å². The van der Waals surface area contributed by atoms with E-state index in [4.69, 9.17) is 5.26 Å². The number of hydrogen-bond donors (Lipinski definition) is 0. The maximum atomic E-state index is 8.45. The molecule has 48 valence electrons. The van der Waals surface area contributed by atoms with E-state index in [9.17, 15) is 0 Å². The standard InChI is InChI=1S/C9H7N/c1-7-3-4-9(6-10)5-8(7)2/h3-5H,1-2H2. The molecule has 0 N–H and O–H groups in total. The molecule has 1 aromatic carbocycles. The molecule has 0 saturated heterocycles. The van der Waals surface area contributed by atoms with Crippen molar-refractivity contribution >= 4 is 13.2 Å². The van der Waals surface area contributed by atoms with Gasteiger partial charge in [-0.15, -0.1) is 0 Å². The lowest BCUT2D eigenvalue weighted by molar-refractivity contribution is 1.45. The molecule has 0 saturated carbocycles. The topological polar surface area (TPSA) is 23.8 Å². The zero-order valence-corrected chi connectivity index (χ0v) is 5.59. The predicted octanol–water partition coefficient (Wildman–Crippen LogP) is 0.379. The van der Waals surface area contributed by atoms with E-state index < -0.39 is 0 Å². The van der Waals surface area contributed by atoms with E-state index in [1.54, 1.807) is 18.2 Å². The van der Waals surface area contributed by atoms with Crippen LogP contribution in [-0.2, 0) is 0 Å². The summed E-state index contributed by atoms with van der Waals surface area (Å²) in [6.07, 6.45) is 0. The Morgan fingerprint density at radius 1 is 1.20 bits per heavy atom. The van der Waals surface area contributed by atoms with Crippen LogP contribution in [0.15, 0.2) is 18.2 Å². The number of benzene rings is 1. The smallest absolute Gasteiger partial charge is 0.0991 e. The van der Waals surface area contributed by atoms with E-state index in [0.717, 1.165) is 10.4 Å². The van der Waals surface area contributed by atoms with Crippen LogP contribution in [0.5, 0.6) is 0 Å². The van der Waals surface area contributed by atoms with Gasteiger partial charge in [0.15, 0.2) is 0 Å². The minimum atomic E-state index is 0.636. The van der Waals surface area contributed by atoms with Crippen LogP contribution in [0.3, 0.4) is 0 Å². The highest BCUT2D eigenvalue weighted by molar-refractivity contribution is 5.31. The van der Waals surface area contributed by atoms with Crippen molar-refractivity contribution in [2.45, 2.75) is 0 Å². The first-order valence-electron chi connectivity index (χ1n) is 2.92. The summed E-state index contributed by atoms with van der Waals surface area (Å²) < 4.78 is 0. The molecule has 0 aliphatic carbocycles. The van der Waals surface area contributed by atoms with Gasteiger partial charge in [0.05, 0.1) is 11.6 Å². The van der Waals surface area contributed by atoms with Gasteiger partial charge in [-0.3, -0.25) is 0 Å². The Morgan fingerprint density at radius 2 is 1.90 bits per heavy atom. The van der Waals surface area contributed by atoms with Gasteiger partial charge in [0.2, 0.25) is 0 Å². The lowest BCUT2D eigenvalue weighted by Crippen LogP contribution is -2.20. The molecule has 1 heteroatoms. The molecule has 1 aromatic rings. The van der Waals surface area contributed by atoms with E-state index in [2.05, 4.69) is 13.2 Å². The average molecular weight is 129 g/mol. The van der Waals surface area contributed by atoms with Gasteiger partial charge in [-0.25, -0.2) is 0 Å². The molecule has 0 unspecified atom stereocenters. The number of nitrogens with zero attached hydrogens (tertiary/aromatic N) is 1. The fourth-order valence-corrected chi connectivity index (χ4v) is 0.695. The second kappa shape index (κ2) is 2.36. The fourth-order valence-electron chi connectivity index (χ4n) is 0.695. The molecule has 1 rings (SSSR count). The van der Waals surface area contributed by atoms with Crippen molar-refractivity contribution in [3.05, 3.63) is 34.2 Å². The van der Waals surface area contributed by atoms with E-state index in [-0.39, 0.29) is 0 Å². The van der Waals surface area contributed by atoms with Gasteiger partial charge < -0.3 is 0 Å². The molecule has 0 bridgehead atoms. The van der Waals surface area contributed by atoms with Crippen molar-refractivity contribution in [2.24, 2.45) is 0 Å². The van der Waals surface area contributed by atoms with Crippen molar-refractivity contribution in [1.29, 1.82) is 5.26 Å². The minimum Gasteiger partial charge on any atom is -0.192 e. The molecule has 0 aliphatic rings. The van der Waals surface area contributed by atoms with E-state index in [0.29, 0.717) is 5.56 Å². The molecule has 0 spiro atoms. The quantitative estimate of drug-likeness (QED) is 0.496. The maximum Gasteiger partial charge on any atom is 0.0991 e.